The van der Waals surface area contributed by atoms with E-state index in [-0.39, 0.29) is 37.6 Å². The predicted octanol–water partition coefficient (Wildman–Crippen LogP) is 3.91. The van der Waals surface area contributed by atoms with Crippen LogP contribution < -0.4 is 14.8 Å². The Morgan fingerprint density at radius 2 is 1.78 bits per heavy atom. The van der Waals surface area contributed by atoms with Gasteiger partial charge in [-0.3, -0.25) is 24.6 Å². The highest BCUT2D eigenvalue weighted by Gasteiger charge is 2.51. The molecule has 4 atom stereocenters. The van der Waals surface area contributed by atoms with Gasteiger partial charge in [0, 0.05) is 36.2 Å². The van der Waals surface area contributed by atoms with E-state index in [0.717, 1.165) is 30.5 Å². The number of halogens is 5. The van der Waals surface area contributed by atoms with Crippen molar-refractivity contribution in [3.63, 3.8) is 0 Å². The molecule has 45 heavy (non-hydrogen) atoms. The third kappa shape index (κ3) is 7.77. The number of hydrogen-bond donors (Lipinski definition) is 2. The van der Waals surface area contributed by atoms with Crippen LogP contribution in [0.5, 0.6) is 11.5 Å². The summed E-state index contributed by atoms with van der Waals surface area (Å²) in [7, 11) is 0. The summed E-state index contributed by atoms with van der Waals surface area (Å²) in [6, 6.07) is 0.551. The molecule has 11 nitrogen and oxygen atoms in total. The topological polar surface area (TPSA) is 150 Å². The number of amides is 4. The number of imide groups is 2. The minimum atomic E-state index is -4.71. The van der Waals surface area contributed by atoms with Gasteiger partial charge in [-0.2, -0.15) is 13.2 Å². The molecule has 0 radical (unpaired) electrons. The number of aromatic nitrogens is 1. The molecular weight excluding hydrogens is 631 g/mol. The van der Waals surface area contributed by atoms with Crippen molar-refractivity contribution in [1.82, 2.24) is 19.9 Å². The number of barbiturate groups is 1. The third-order valence-corrected chi connectivity index (χ3v) is 8.54. The van der Waals surface area contributed by atoms with E-state index in [4.69, 9.17) is 9.47 Å². The molecule has 0 aliphatic carbocycles. The average Bonchev–Trinajstić information content (AvgIpc) is 2.96. The number of Topliss-reactive ketones (excluding diaryl/α,β-unsaturated/α-hetero) is 1. The lowest BCUT2D eigenvalue weighted by Crippen LogP contribution is -2.64. The van der Waals surface area contributed by atoms with Crippen molar-refractivity contribution in [2.45, 2.75) is 62.8 Å². The van der Waals surface area contributed by atoms with Gasteiger partial charge in [0.25, 0.3) is 5.91 Å². The molecule has 0 saturated carbocycles. The SMILES string of the molecule is CC(C)(C)[S@@+]([O-])NC(c1cc(Oc2ccc(C(F)(F)F)nc2)ccc1F)C(F)C(=O)C1C(=O)NC(=O)N(C2CCOCC2)C1=O. The fourth-order valence-electron chi connectivity index (χ4n) is 4.59. The van der Waals surface area contributed by atoms with Crippen LogP contribution in [-0.4, -0.2) is 68.2 Å². The Balaban J connectivity index is 1.66. The number of benzene rings is 1. The fraction of sp³-hybridized carbons (Fsp3) is 0.464. The first-order chi connectivity index (χ1) is 21.0. The minimum Gasteiger partial charge on any atom is -0.598 e. The summed E-state index contributed by atoms with van der Waals surface area (Å²) < 4.78 is 95.1. The van der Waals surface area contributed by atoms with Gasteiger partial charge in [0.1, 0.15) is 33.8 Å². The van der Waals surface area contributed by atoms with Crippen LogP contribution in [0.1, 0.15) is 50.9 Å². The van der Waals surface area contributed by atoms with Crippen LogP contribution in [0.25, 0.3) is 0 Å². The van der Waals surface area contributed by atoms with Gasteiger partial charge in [-0.15, -0.1) is 4.72 Å². The Kier molecular flexibility index (Phi) is 10.2. The first-order valence-electron chi connectivity index (χ1n) is 13.6. The zero-order valence-electron chi connectivity index (χ0n) is 24.2. The Hall–Kier alpha value is -3.67. The lowest BCUT2D eigenvalue weighted by Gasteiger charge is -2.37. The molecule has 3 unspecified atom stereocenters. The molecule has 0 bridgehead atoms. The predicted molar refractivity (Wildman–Crippen MR) is 147 cm³/mol. The van der Waals surface area contributed by atoms with E-state index in [9.17, 15) is 36.9 Å². The standard InChI is InChI=1S/C28H29F5N4O7S/c1-27(2,3)45(42)36-22(17-12-15(4-6-18(17)29)44-16-5-7-19(34-13-16)28(31,32)33)21(30)23(38)20-24(39)35-26(41)37(25(20)40)14-8-10-43-11-9-14/h4-7,12-14,20-22,36H,8-11H2,1-3H3,(H,35,39,41)/t20?,21?,22?,45-/m1/s1. The van der Waals surface area contributed by atoms with Crippen LogP contribution in [0.2, 0.25) is 0 Å². The first kappa shape index (κ1) is 34.2. The Labute approximate surface area is 257 Å². The van der Waals surface area contributed by atoms with Crippen molar-refractivity contribution in [3.8, 4) is 11.5 Å². The number of rotatable bonds is 9. The molecule has 2 fully saturated rings. The van der Waals surface area contributed by atoms with Crippen LogP contribution in [0.4, 0.5) is 26.7 Å². The smallest absolute Gasteiger partial charge is 0.433 e. The van der Waals surface area contributed by atoms with Gasteiger partial charge in [-0.25, -0.2) is 18.6 Å². The molecule has 1 aromatic heterocycles. The second-order valence-corrected chi connectivity index (χ2v) is 13.2. The average molecular weight is 661 g/mol. The normalized spacial score (nSPS) is 20.4. The van der Waals surface area contributed by atoms with Crippen LogP contribution in [-0.2, 0) is 36.7 Å². The summed E-state index contributed by atoms with van der Waals surface area (Å²) in [5.74, 6) is -8.08. The third-order valence-electron chi connectivity index (χ3n) is 6.96. The van der Waals surface area contributed by atoms with Gasteiger partial charge < -0.3 is 14.0 Å². The minimum absolute atomic E-state index is 0.196. The molecule has 1 aromatic carbocycles. The van der Waals surface area contributed by atoms with Crippen molar-refractivity contribution in [2.24, 2.45) is 5.92 Å². The van der Waals surface area contributed by atoms with Gasteiger partial charge >= 0.3 is 12.2 Å². The first-order valence-corrected chi connectivity index (χ1v) is 14.8. The van der Waals surface area contributed by atoms with E-state index >= 15 is 8.78 Å². The molecule has 244 valence electrons. The largest absolute Gasteiger partial charge is 0.598 e. The van der Waals surface area contributed by atoms with Crippen LogP contribution in [0, 0.1) is 11.7 Å². The summed E-state index contributed by atoms with van der Waals surface area (Å²) in [6.07, 6.45) is -6.38. The maximum atomic E-state index is 16.3. The molecule has 2 saturated heterocycles. The molecule has 2 aliphatic heterocycles. The second-order valence-electron chi connectivity index (χ2n) is 11.2. The van der Waals surface area contributed by atoms with Crippen molar-refractivity contribution in [3.05, 3.63) is 53.6 Å². The van der Waals surface area contributed by atoms with E-state index < -0.39 is 87.2 Å². The Morgan fingerprint density at radius 3 is 2.36 bits per heavy atom. The van der Waals surface area contributed by atoms with Crippen molar-refractivity contribution < 1.29 is 55.2 Å². The number of carbonyl (C=O) groups is 4. The summed E-state index contributed by atoms with van der Waals surface area (Å²) in [6.45, 7) is 4.91. The summed E-state index contributed by atoms with van der Waals surface area (Å²) in [4.78, 5) is 56.0. The number of pyridine rings is 1. The number of ether oxygens (including phenoxy) is 2. The lowest BCUT2D eigenvalue weighted by molar-refractivity contribution is -0.151. The highest BCUT2D eigenvalue weighted by Crippen LogP contribution is 2.34. The van der Waals surface area contributed by atoms with Gasteiger partial charge in [-0.05, 0) is 63.9 Å². The number of nitrogens with zero attached hydrogens (tertiary/aromatic N) is 2. The quantitative estimate of drug-likeness (QED) is 0.232. The van der Waals surface area contributed by atoms with Gasteiger partial charge in [-0.1, -0.05) is 0 Å². The van der Waals surface area contributed by atoms with Gasteiger partial charge in [0.15, 0.2) is 17.9 Å². The van der Waals surface area contributed by atoms with Crippen LogP contribution >= 0.6 is 0 Å². The second kappa shape index (κ2) is 13.4. The van der Waals surface area contributed by atoms with Crippen LogP contribution in [0.15, 0.2) is 36.5 Å². The van der Waals surface area contributed by atoms with E-state index in [0.29, 0.717) is 11.0 Å². The molecule has 17 heteroatoms. The van der Waals surface area contributed by atoms with Gasteiger partial charge in [0.2, 0.25) is 5.91 Å². The molecule has 4 amide bonds. The van der Waals surface area contributed by atoms with Crippen molar-refractivity contribution >= 4 is 35.0 Å². The molecule has 3 heterocycles. The summed E-state index contributed by atoms with van der Waals surface area (Å²) in [5.41, 5.74) is -1.80. The van der Waals surface area contributed by atoms with Crippen molar-refractivity contribution in [1.29, 1.82) is 0 Å². The summed E-state index contributed by atoms with van der Waals surface area (Å²) >= 11 is -2.14. The van der Waals surface area contributed by atoms with Gasteiger partial charge in [0.05, 0.1) is 6.20 Å². The molecular formula is C28H29F5N4O7S. The van der Waals surface area contributed by atoms with E-state index in [1.807, 2.05) is 5.32 Å². The van der Waals surface area contributed by atoms with E-state index in [2.05, 4.69) is 9.71 Å². The number of hydrogen-bond acceptors (Lipinski definition) is 9. The number of urea groups is 1. The highest BCUT2D eigenvalue weighted by molar-refractivity contribution is 7.90. The maximum Gasteiger partial charge on any atom is 0.433 e. The monoisotopic (exact) mass is 660 g/mol. The number of nitrogens with one attached hydrogen (secondary N) is 2. The Bertz CT molecular complexity index is 1450. The number of alkyl halides is 4. The lowest BCUT2D eigenvalue weighted by atomic mass is 9.89. The van der Waals surface area contributed by atoms with Crippen LogP contribution in [0.3, 0.4) is 0 Å². The van der Waals surface area contributed by atoms with Crippen molar-refractivity contribution in [2.75, 3.05) is 13.2 Å². The maximum absolute atomic E-state index is 16.3. The molecule has 2 aromatic rings. The number of carbonyl (C=O) groups excluding carboxylic acids is 4. The zero-order chi connectivity index (χ0) is 33.3. The highest BCUT2D eigenvalue weighted by atomic mass is 32.2. The summed E-state index contributed by atoms with van der Waals surface area (Å²) in [5, 5.41) is 1.90. The molecule has 4 rings (SSSR count). The zero-order valence-corrected chi connectivity index (χ0v) is 25.0. The molecule has 2 N–H and O–H groups in total. The number of ketones is 1. The fourth-order valence-corrected chi connectivity index (χ4v) is 5.42. The van der Waals surface area contributed by atoms with E-state index in [1.54, 1.807) is 0 Å². The Morgan fingerprint density at radius 1 is 1.13 bits per heavy atom. The van der Waals surface area contributed by atoms with E-state index in [1.165, 1.54) is 20.8 Å². The molecule has 0 spiro atoms. The molecule has 2 aliphatic rings.